The van der Waals surface area contributed by atoms with Crippen molar-refractivity contribution in [2.45, 2.75) is 32.9 Å². The fourth-order valence-electron chi connectivity index (χ4n) is 1.26. The quantitative estimate of drug-likeness (QED) is 0.618. The smallest absolute Gasteiger partial charge is 0.328 e. The third-order valence-corrected chi connectivity index (χ3v) is 1.87. The number of anilines is 1. The summed E-state index contributed by atoms with van der Waals surface area (Å²) in [7, 11) is 0. The molecule has 0 saturated heterocycles. The second-order valence-corrected chi connectivity index (χ2v) is 4.77. The Morgan fingerprint density at radius 3 is 2.59 bits per heavy atom. The molecule has 0 atom stereocenters. The largest absolute Gasteiger partial charge is 0.393 e. The Labute approximate surface area is 97.6 Å². The van der Waals surface area contributed by atoms with Gasteiger partial charge in [-0.15, -0.1) is 0 Å². The van der Waals surface area contributed by atoms with Crippen molar-refractivity contribution in [1.29, 1.82) is 0 Å². The van der Waals surface area contributed by atoms with Crippen LogP contribution in [0.5, 0.6) is 0 Å². The summed E-state index contributed by atoms with van der Waals surface area (Å²) in [5.74, 6) is -0.328. The highest BCUT2D eigenvalue weighted by Crippen LogP contribution is 1.98. The van der Waals surface area contributed by atoms with Crippen LogP contribution < -0.4 is 22.3 Å². The zero-order chi connectivity index (χ0) is 13.2. The van der Waals surface area contributed by atoms with Crippen LogP contribution in [0.4, 0.5) is 5.69 Å². The molecule has 0 aromatic carbocycles. The van der Waals surface area contributed by atoms with Crippen LogP contribution in [0.15, 0.2) is 15.8 Å². The molecule has 0 aliphatic rings. The number of carbonyl (C=O) groups is 1. The molecule has 0 spiro atoms. The van der Waals surface area contributed by atoms with Crippen molar-refractivity contribution in [3.63, 3.8) is 0 Å². The molecule has 1 aromatic heterocycles. The van der Waals surface area contributed by atoms with E-state index in [2.05, 4.69) is 5.32 Å². The van der Waals surface area contributed by atoms with Gasteiger partial charge in [-0.05, 0) is 20.8 Å². The van der Waals surface area contributed by atoms with E-state index in [1.807, 2.05) is 25.8 Å². The number of H-pyrrole nitrogens is 1. The van der Waals surface area contributed by atoms with E-state index in [-0.39, 0.29) is 23.7 Å². The number of aromatic amines is 1. The van der Waals surface area contributed by atoms with Crippen molar-refractivity contribution < 1.29 is 4.79 Å². The Hall–Kier alpha value is -2.05. The van der Waals surface area contributed by atoms with Gasteiger partial charge in [-0.2, -0.15) is 0 Å². The SMILES string of the molecule is CC(C)(C)NC(=O)Cn1cc(N)c(=O)[nH]c1=O. The highest BCUT2D eigenvalue weighted by molar-refractivity contribution is 5.76. The number of amides is 1. The number of hydrogen-bond donors (Lipinski definition) is 3. The summed E-state index contributed by atoms with van der Waals surface area (Å²) >= 11 is 0. The van der Waals surface area contributed by atoms with Gasteiger partial charge in [0.25, 0.3) is 5.56 Å². The van der Waals surface area contributed by atoms with E-state index in [1.54, 1.807) is 0 Å². The minimum Gasteiger partial charge on any atom is -0.393 e. The molecule has 17 heavy (non-hydrogen) atoms. The van der Waals surface area contributed by atoms with Crippen LogP contribution in [0.3, 0.4) is 0 Å². The van der Waals surface area contributed by atoms with Crippen LogP contribution in [-0.2, 0) is 11.3 Å². The lowest BCUT2D eigenvalue weighted by Crippen LogP contribution is -2.44. The normalized spacial score (nSPS) is 11.2. The Morgan fingerprint density at radius 2 is 2.06 bits per heavy atom. The second-order valence-electron chi connectivity index (χ2n) is 4.77. The number of carbonyl (C=O) groups excluding carboxylic acids is 1. The van der Waals surface area contributed by atoms with Gasteiger partial charge in [0.2, 0.25) is 5.91 Å². The molecule has 0 aliphatic heterocycles. The molecule has 0 fully saturated rings. The zero-order valence-corrected chi connectivity index (χ0v) is 10.0. The molecule has 0 saturated carbocycles. The predicted molar refractivity (Wildman–Crippen MR) is 63.6 cm³/mol. The minimum atomic E-state index is -0.659. The lowest BCUT2D eigenvalue weighted by molar-refractivity contribution is -0.123. The molecule has 1 aromatic rings. The summed E-state index contributed by atoms with van der Waals surface area (Å²) in [6.45, 7) is 5.30. The Kier molecular flexibility index (Phi) is 3.40. The maximum atomic E-state index is 11.6. The molecule has 7 nitrogen and oxygen atoms in total. The summed E-state index contributed by atoms with van der Waals surface area (Å²) in [5, 5.41) is 2.70. The molecule has 0 aliphatic carbocycles. The average molecular weight is 240 g/mol. The molecule has 0 bridgehead atoms. The first-order valence-corrected chi connectivity index (χ1v) is 5.09. The number of nitrogens with two attached hydrogens (primary N) is 1. The zero-order valence-electron chi connectivity index (χ0n) is 10.0. The molecule has 1 rings (SSSR count). The summed E-state index contributed by atoms with van der Waals surface area (Å²) in [6, 6.07) is 0. The first-order valence-electron chi connectivity index (χ1n) is 5.09. The molecule has 1 heterocycles. The van der Waals surface area contributed by atoms with E-state index < -0.39 is 11.2 Å². The van der Waals surface area contributed by atoms with Crippen LogP contribution >= 0.6 is 0 Å². The van der Waals surface area contributed by atoms with Crippen molar-refractivity contribution in [3.8, 4) is 0 Å². The Balaban J connectivity index is 2.90. The molecule has 1 amide bonds. The molecule has 94 valence electrons. The molecular weight excluding hydrogens is 224 g/mol. The molecule has 7 heteroatoms. The van der Waals surface area contributed by atoms with Gasteiger partial charge in [0, 0.05) is 11.7 Å². The Morgan fingerprint density at radius 1 is 1.47 bits per heavy atom. The van der Waals surface area contributed by atoms with E-state index in [0.29, 0.717) is 0 Å². The van der Waals surface area contributed by atoms with E-state index in [1.165, 1.54) is 0 Å². The molecular formula is C10H16N4O3. The first kappa shape index (κ1) is 13.0. The lowest BCUT2D eigenvalue weighted by Gasteiger charge is -2.20. The number of nitrogen functional groups attached to an aromatic ring is 1. The van der Waals surface area contributed by atoms with Crippen molar-refractivity contribution in [2.24, 2.45) is 0 Å². The van der Waals surface area contributed by atoms with Crippen LogP contribution in [-0.4, -0.2) is 21.0 Å². The molecule has 0 unspecified atom stereocenters. The first-order chi connectivity index (χ1) is 7.69. The van der Waals surface area contributed by atoms with Gasteiger partial charge in [0.15, 0.2) is 0 Å². The number of nitrogens with one attached hydrogen (secondary N) is 2. The second kappa shape index (κ2) is 4.44. The van der Waals surface area contributed by atoms with Crippen LogP contribution in [0, 0.1) is 0 Å². The van der Waals surface area contributed by atoms with Gasteiger partial charge >= 0.3 is 5.69 Å². The van der Waals surface area contributed by atoms with Crippen molar-refractivity contribution in [1.82, 2.24) is 14.9 Å². The third-order valence-electron chi connectivity index (χ3n) is 1.87. The van der Waals surface area contributed by atoms with E-state index in [4.69, 9.17) is 5.73 Å². The monoisotopic (exact) mass is 240 g/mol. The fraction of sp³-hybridized carbons (Fsp3) is 0.500. The predicted octanol–water partition coefficient (Wildman–Crippen LogP) is -0.966. The van der Waals surface area contributed by atoms with Crippen molar-refractivity contribution >= 4 is 11.6 Å². The molecule has 0 radical (unpaired) electrons. The van der Waals surface area contributed by atoms with E-state index in [9.17, 15) is 14.4 Å². The fourth-order valence-corrected chi connectivity index (χ4v) is 1.26. The maximum Gasteiger partial charge on any atom is 0.328 e. The number of hydrogen-bond acceptors (Lipinski definition) is 4. The molecule has 4 N–H and O–H groups in total. The van der Waals surface area contributed by atoms with Crippen LogP contribution in [0.1, 0.15) is 20.8 Å². The average Bonchev–Trinajstić information content (AvgIpc) is 2.11. The maximum absolute atomic E-state index is 11.6. The van der Waals surface area contributed by atoms with Gasteiger partial charge in [0.05, 0.1) is 0 Å². The summed E-state index contributed by atoms with van der Waals surface area (Å²) in [4.78, 5) is 36.0. The number of aromatic nitrogens is 2. The summed E-state index contributed by atoms with van der Waals surface area (Å²) < 4.78 is 1.05. The Bertz CT molecular complexity index is 536. The van der Waals surface area contributed by atoms with Gasteiger partial charge < -0.3 is 11.1 Å². The van der Waals surface area contributed by atoms with Gasteiger partial charge in [-0.3, -0.25) is 19.1 Å². The summed E-state index contributed by atoms with van der Waals surface area (Å²) in [5.41, 5.74) is 3.56. The van der Waals surface area contributed by atoms with Gasteiger partial charge in [-0.1, -0.05) is 0 Å². The number of rotatable bonds is 2. The van der Waals surface area contributed by atoms with Crippen LogP contribution in [0.25, 0.3) is 0 Å². The standard InChI is InChI=1S/C10H16N4O3/c1-10(2,3)13-7(15)5-14-4-6(11)8(16)12-9(14)17/h4H,5,11H2,1-3H3,(H,13,15)(H,12,16,17). The minimum absolute atomic E-state index is 0.104. The van der Waals surface area contributed by atoms with Crippen LogP contribution in [0.2, 0.25) is 0 Å². The topological polar surface area (TPSA) is 110 Å². The third kappa shape index (κ3) is 3.78. The van der Waals surface area contributed by atoms with E-state index in [0.717, 1.165) is 10.8 Å². The van der Waals surface area contributed by atoms with Gasteiger partial charge in [-0.25, -0.2) is 4.79 Å². The highest BCUT2D eigenvalue weighted by Gasteiger charge is 2.14. The van der Waals surface area contributed by atoms with Gasteiger partial charge in [0.1, 0.15) is 12.2 Å². The van der Waals surface area contributed by atoms with Crippen molar-refractivity contribution in [3.05, 3.63) is 27.0 Å². The van der Waals surface area contributed by atoms with Crippen molar-refractivity contribution in [2.75, 3.05) is 5.73 Å². The number of nitrogens with zero attached hydrogens (tertiary/aromatic N) is 1. The van der Waals surface area contributed by atoms with E-state index >= 15 is 0 Å². The lowest BCUT2D eigenvalue weighted by atomic mass is 10.1. The summed E-state index contributed by atoms with van der Waals surface area (Å²) in [6.07, 6.45) is 1.16. The highest BCUT2D eigenvalue weighted by atomic mass is 16.2.